The number of ether oxygens (including phenoxy) is 1. The summed E-state index contributed by atoms with van der Waals surface area (Å²) in [5.41, 5.74) is 2.55. The number of pyridine rings is 1. The summed E-state index contributed by atoms with van der Waals surface area (Å²) < 4.78 is 38.1. The number of amides is 1. The number of benzene rings is 2. The summed E-state index contributed by atoms with van der Waals surface area (Å²) in [6.07, 6.45) is 0.861. The van der Waals surface area contributed by atoms with Crippen LogP contribution in [-0.2, 0) is 4.79 Å². The van der Waals surface area contributed by atoms with Crippen LogP contribution >= 0.6 is 0 Å². The van der Waals surface area contributed by atoms with Gasteiger partial charge in [0, 0.05) is 30.1 Å². The highest BCUT2D eigenvalue weighted by Gasteiger charge is 2.34. The molecule has 43 heavy (non-hydrogen) atoms. The Bertz CT molecular complexity index is 1780. The first-order valence-electron chi connectivity index (χ1n) is 14.2. The lowest BCUT2D eigenvalue weighted by Crippen LogP contribution is -2.46. The number of hydrogen-bond donors (Lipinski definition) is 0. The molecule has 11 heteroatoms. The minimum Gasteiger partial charge on any atom is -0.472 e. The van der Waals surface area contributed by atoms with Crippen LogP contribution in [-0.4, -0.2) is 75.0 Å². The Morgan fingerprint density at radius 1 is 1.23 bits per heavy atom. The number of rotatable bonds is 7. The van der Waals surface area contributed by atoms with E-state index >= 15 is 4.39 Å². The Morgan fingerprint density at radius 2 is 1.98 bits per heavy atom. The summed E-state index contributed by atoms with van der Waals surface area (Å²) in [6, 6.07) is 9.14. The molecule has 0 bridgehead atoms. The summed E-state index contributed by atoms with van der Waals surface area (Å²) >= 11 is 0. The fraction of sp³-hybridized carbons (Fsp3) is 0.406. The maximum Gasteiger partial charge on any atom is 0.298 e. The fourth-order valence-electron chi connectivity index (χ4n) is 5.95. The number of piperidine rings is 1. The van der Waals surface area contributed by atoms with Crippen molar-refractivity contribution in [2.75, 3.05) is 27.2 Å². The van der Waals surface area contributed by atoms with Gasteiger partial charge in [-0.3, -0.25) is 4.79 Å². The van der Waals surface area contributed by atoms with E-state index in [4.69, 9.17) is 4.74 Å². The molecule has 2 aromatic heterocycles. The molecular formula is C32H33F2N7O2. The third kappa shape index (κ3) is 5.86. The van der Waals surface area contributed by atoms with E-state index in [1.807, 2.05) is 32.0 Å². The molecule has 9 nitrogen and oxygen atoms in total. The first kappa shape index (κ1) is 29.9. The molecule has 1 fully saturated rings. The standard InChI is InChI=1S/C32H33F2N7O2/c1-6-7-26(42)40-15-13-24(17-23(40)12-14-35)41-31-25-16-19(2)27(21-8-10-22(33)11-9-21)28(34)29(25)36-32(30(31)37-38-41)43-20(3)18-39(4)5/h8-11,16,20,23-24H,12-13,15,17-18H2,1-5H3/t20-,23+,24-/m0/s1. The number of fused-ring (bicyclic) bond motifs is 3. The van der Waals surface area contributed by atoms with Crippen molar-refractivity contribution < 1.29 is 18.3 Å². The number of nitriles is 1. The van der Waals surface area contributed by atoms with Gasteiger partial charge in [0.15, 0.2) is 11.3 Å². The Labute approximate surface area is 249 Å². The van der Waals surface area contributed by atoms with E-state index in [0.717, 1.165) is 0 Å². The quantitative estimate of drug-likeness (QED) is 0.281. The smallest absolute Gasteiger partial charge is 0.298 e. The zero-order chi connectivity index (χ0) is 30.8. The van der Waals surface area contributed by atoms with Gasteiger partial charge in [0.05, 0.1) is 18.5 Å². The SMILES string of the molecule is CC#CC(=O)N1CC[C@H](n2nnc3c(O[C@@H](C)CN(C)C)nc4c(F)c(-c5ccc(F)cc5)c(C)cc4c32)C[C@H]1CC#N. The summed E-state index contributed by atoms with van der Waals surface area (Å²) in [5.74, 6) is 4.12. The van der Waals surface area contributed by atoms with Crippen LogP contribution in [0.2, 0.25) is 0 Å². The van der Waals surface area contributed by atoms with Crippen molar-refractivity contribution in [3.05, 3.63) is 47.5 Å². The third-order valence-electron chi connectivity index (χ3n) is 7.72. The minimum absolute atomic E-state index is 0.0902. The van der Waals surface area contributed by atoms with Crippen LogP contribution in [0.1, 0.15) is 44.7 Å². The predicted molar refractivity (Wildman–Crippen MR) is 159 cm³/mol. The average Bonchev–Trinajstić information content (AvgIpc) is 3.41. The van der Waals surface area contributed by atoms with Crippen molar-refractivity contribution in [3.8, 4) is 34.9 Å². The van der Waals surface area contributed by atoms with Crippen molar-refractivity contribution in [3.63, 3.8) is 0 Å². The molecular weight excluding hydrogens is 552 g/mol. The van der Waals surface area contributed by atoms with Gasteiger partial charge in [0.2, 0.25) is 5.88 Å². The first-order valence-corrected chi connectivity index (χ1v) is 14.2. The fourth-order valence-corrected chi connectivity index (χ4v) is 5.95. The Hall–Kier alpha value is -4.61. The molecule has 0 spiro atoms. The number of nitrogens with zero attached hydrogens (tertiary/aromatic N) is 7. The van der Waals surface area contributed by atoms with Gasteiger partial charge in [0.25, 0.3) is 5.91 Å². The number of aryl methyl sites for hydroxylation is 1. The van der Waals surface area contributed by atoms with Crippen LogP contribution < -0.4 is 4.74 Å². The van der Waals surface area contributed by atoms with Crippen molar-refractivity contribution >= 4 is 27.8 Å². The molecule has 0 aliphatic carbocycles. The Kier molecular flexibility index (Phi) is 8.56. The molecule has 3 atom stereocenters. The topological polar surface area (TPSA) is 100 Å². The zero-order valence-electron chi connectivity index (χ0n) is 24.9. The molecule has 5 rings (SSSR count). The highest BCUT2D eigenvalue weighted by atomic mass is 19.1. The van der Waals surface area contributed by atoms with Crippen LogP contribution in [0.25, 0.3) is 33.1 Å². The van der Waals surface area contributed by atoms with Gasteiger partial charge in [0.1, 0.15) is 23.0 Å². The van der Waals surface area contributed by atoms with E-state index < -0.39 is 11.6 Å². The lowest BCUT2D eigenvalue weighted by molar-refractivity contribution is -0.129. The lowest BCUT2D eigenvalue weighted by atomic mass is 9.94. The van der Waals surface area contributed by atoms with Gasteiger partial charge in [-0.2, -0.15) is 5.26 Å². The van der Waals surface area contributed by atoms with Crippen LogP contribution in [0.15, 0.2) is 30.3 Å². The molecule has 1 saturated heterocycles. The second-order valence-corrected chi connectivity index (χ2v) is 11.2. The van der Waals surface area contributed by atoms with Crippen LogP contribution in [0.3, 0.4) is 0 Å². The average molecular weight is 586 g/mol. The second kappa shape index (κ2) is 12.3. The van der Waals surface area contributed by atoms with Crippen molar-refractivity contribution in [2.24, 2.45) is 0 Å². The lowest BCUT2D eigenvalue weighted by Gasteiger charge is -2.37. The van der Waals surface area contributed by atoms with Gasteiger partial charge in [-0.05, 0) is 83.0 Å². The van der Waals surface area contributed by atoms with E-state index in [1.165, 1.54) is 12.1 Å². The number of likely N-dealkylation sites (N-methyl/N-ethyl adjacent to an activating group) is 1. The molecule has 0 saturated carbocycles. The maximum atomic E-state index is 16.5. The number of carbonyl (C=O) groups excluding carboxylic acids is 1. The maximum absolute atomic E-state index is 16.5. The van der Waals surface area contributed by atoms with E-state index in [1.54, 1.807) is 35.6 Å². The predicted octanol–water partition coefficient (Wildman–Crippen LogP) is 5.03. The zero-order valence-corrected chi connectivity index (χ0v) is 24.9. The molecule has 0 radical (unpaired) electrons. The van der Waals surface area contributed by atoms with E-state index in [0.29, 0.717) is 59.0 Å². The van der Waals surface area contributed by atoms with Crippen LogP contribution in [0.5, 0.6) is 5.88 Å². The Morgan fingerprint density at radius 3 is 2.65 bits per heavy atom. The number of aromatic nitrogens is 4. The number of hydrogen-bond acceptors (Lipinski definition) is 7. The number of likely N-dealkylation sites (tertiary alicyclic amines) is 1. The second-order valence-electron chi connectivity index (χ2n) is 11.2. The first-order chi connectivity index (χ1) is 20.6. The van der Waals surface area contributed by atoms with E-state index in [-0.39, 0.29) is 41.9 Å². The van der Waals surface area contributed by atoms with E-state index in [9.17, 15) is 14.4 Å². The van der Waals surface area contributed by atoms with Gasteiger partial charge >= 0.3 is 0 Å². The number of halogens is 2. The van der Waals surface area contributed by atoms with Gasteiger partial charge < -0.3 is 14.5 Å². The summed E-state index contributed by atoms with van der Waals surface area (Å²) in [4.78, 5) is 20.9. The molecule has 1 aliphatic heterocycles. The van der Waals surface area contributed by atoms with Crippen LogP contribution in [0, 0.1) is 41.7 Å². The highest BCUT2D eigenvalue weighted by Crippen LogP contribution is 2.39. The van der Waals surface area contributed by atoms with Gasteiger partial charge in [-0.15, -0.1) is 5.10 Å². The van der Waals surface area contributed by atoms with Gasteiger partial charge in [-0.1, -0.05) is 23.3 Å². The third-order valence-corrected chi connectivity index (χ3v) is 7.72. The number of carbonyl (C=O) groups is 1. The van der Waals surface area contributed by atoms with Gasteiger partial charge in [-0.25, -0.2) is 18.4 Å². The summed E-state index contributed by atoms with van der Waals surface area (Å²) in [5, 5.41) is 19.0. The monoisotopic (exact) mass is 585 g/mol. The van der Waals surface area contributed by atoms with Crippen molar-refractivity contribution in [2.45, 2.75) is 58.2 Å². The molecule has 1 aliphatic rings. The molecule has 0 unspecified atom stereocenters. The summed E-state index contributed by atoms with van der Waals surface area (Å²) in [7, 11) is 3.86. The van der Waals surface area contributed by atoms with Crippen molar-refractivity contribution in [1.82, 2.24) is 29.8 Å². The molecule has 4 aromatic rings. The molecule has 2 aromatic carbocycles. The van der Waals surface area contributed by atoms with E-state index in [2.05, 4.69) is 33.2 Å². The van der Waals surface area contributed by atoms with Crippen molar-refractivity contribution in [1.29, 1.82) is 5.26 Å². The molecule has 3 heterocycles. The molecule has 1 amide bonds. The molecule has 222 valence electrons. The minimum atomic E-state index is -0.553. The van der Waals surface area contributed by atoms with Crippen LogP contribution in [0.4, 0.5) is 8.78 Å². The Balaban J connectivity index is 1.68. The highest BCUT2D eigenvalue weighted by molar-refractivity contribution is 6.06. The summed E-state index contributed by atoms with van der Waals surface area (Å²) in [6.45, 7) is 6.28. The molecule has 0 N–H and O–H groups in total. The largest absolute Gasteiger partial charge is 0.472 e. The normalized spacial score (nSPS) is 17.5.